The average Bonchev–Trinajstić information content (AvgIpc) is 2.92. The molecule has 0 bridgehead atoms. The Morgan fingerprint density at radius 3 is 2.53 bits per heavy atom. The number of nitrogens with zero attached hydrogens (tertiary/aromatic N) is 3. The Balaban J connectivity index is 1.69. The minimum absolute atomic E-state index is 0.0795. The normalized spacial score (nSPS) is 13.0. The number of carbonyl (C=O) groups excluding carboxylic acids is 2. The first kappa shape index (κ1) is 23.0. The van der Waals surface area contributed by atoms with Gasteiger partial charge in [-0.3, -0.25) is 14.6 Å². The summed E-state index contributed by atoms with van der Waals surface area (Å²) >= 11 is 0. The van der Waals surface area contributed by atoms with Crippen molar-refractivity contribution in [1.29, 1.82) is 0 Å². The molecule has 1 aliphatic rings. The fourth-order valence-electron chi connectivity index (χ4n) is 3.64. The summed E-state index contributed by atoms with van der Waals surface area (Å²) < 4.78 is 49.0. The number of alkyl halides is 3. The van der Waals surface area contributed by atoms with Crippen molar-refractivity contribution in [1.82, 2.24) is 9.97 Å². The van der Waals surface area contributed by atoms with Gasteiger partial charge in [-0.05, 0) is 30.3 Å². The fraction of sp³-hybridized carbons (Fsp3) is 0.217. The number of hydrogen-bond donors (Lipinski definition) is 1. The highest BCUT2D eigenvalue weighted by Crippen LogP contribution is 2.43. The second-order valence-electron chi connectivity index (χ2n) is 7.35. The molecule has 3 heterocycles. The molecule has 2 aromatic heterocycles. The first-order chi connectivity index (χ1) is 16.2. The number of anilines is 2. The van der Waals surface area contributed by atoms with E-state index in [4.69, 9.17) is 9.47 Å². The smallest absolute Gasteiger partial charge is 0.416 e. The molecule has 11 heteroatoms. The third-order valence-corrected chi connectivity index (χ3v) is 5.21. The maximum Gasteiger partial charge on any atom is 0.416 e. The third kappa shape index (κ3) is 4.49. The molecule has 0 aliphatic carbocycles. The van der Waals surface area contributed by atoms with Crippen molar-refractivity contribution >= 4 is 23.2 Å². The average molecular weight is 472 g/mol. The number of nitrogens with one attached hydrogen (secondary N) is 1. The predicted octanol–water partition coefficient (Wildman–Crippen LogP) is 3.71. The quantitative estimate of drug-likeness (QED) is 0.609. The highest BCUT2D eigenvalue weighted by atomic mass is 19.4. The van der Waals surface area contributed by atoms with Crippen LogP contribution in [0.4, 0.5) is 24.5 Å². The number of ether oxygens (including phenoxy) is 2. The van der Waals surface area contributed by atoms with Crippen LogP contribution >= 0.6 is 0 Å². The highest BCUT2D eigenvalue weighted by Gasteiger charge is 2.32. The van der Waals surface area contributed by atoms with E-state index >= 15 is 0 Å². The maximum absolute atomic E-state index is 13.2. The molecule has 0 saturated carbocycles. The van der Waals surface area contributed by atoms with Crippen LogP contribution < -0.4 is 19.7 Å². The number of pyridine rings is 2. The van der Waals surface area contributed by atoms with E-state index in [0.717, 1.165) is 24.3 Å². The minimum atomic E-state index is -4.49. The third-order valence-electron chi connectivity index (χ3n) is 5.21. The van der Waals surface area contributed by atoms with Gasteiger partial charge in [-0.15, -0.1) is 0 Å². The molecule has 0 fully saturated rings. The Morgan fingerprint density at radius 1 is 1.15 bits per heavy atom. The van der Waals surface area contributed by atoms with Crippen LogP contribution in [0.5, 0.6) is 11.8 Å². The molecular weight excluding hydrogens is 453 g/mol. The van der Waals surface area contributed by atoms with E-state index in [0.29, 0.717) is 22.5 Å². The van der Waals surface area contributed by atoms with Crippen molar-refractivity contribution in [3.8, 4) is 22.9 Å². The van der Waals surface area contributed by atoms with Crippen LogP contribution in [0.25, 0.3) is 11.1 Å². The molecule has 0 radical (unpaired) electrons. The minimum Gasteiger partial charge on any atom is -0.481 e. The number of fused-ring (bicyclic) bond motifs is 3. The van der Waals surface area contributed by atoms with E-state index in [2.05, 4.69) is 15.3 Å². The summed E-state index contributed by atoms with van der Waals surface area (Å²) in [5.74, 6) is -0.653. The van der Waals surface area contributed by atoms with Crippen LogP contribution in [0, 0.1) is 0 Å². The van der Waals surface area contributed by atoms with Gasteiger partial charge in [0.2, 0.25) is 23.6 Å². The Hall–Kier alpha value is -4.15. The van der Waals surface area contributed by atoms with E-state index in [1.165, 1.54) is 25.2 Å². The number of amides is 2. The second kappa shape index (κ2) is 9.00. The van der Waals surface area contributed by atoms with Crippen LogP contribution in [-0.4, -0.2) is 42.5 Å². The summed E-state index contributed by atoms with van der Waals surface area (Å²) in [6.45, 7) is -0.406. The van der Waals surface area contributed by atoms with Gasteiger partial charge >= 0.3 is 6.18 Å². The van der Waals surface area contributed by atoms with E-state index < -0.39 is 30.1 Å². The summed E-state index contributed by atoms with van der Waals surface area (Å²) in [6.07, 6.45) is -3.01. The first-order valence-electron chi connectivity index (χ1n) is 10.1. The van der Waals surface area contributed by atoms with Gasteiger partial charge in [-0.2, -0.15) is 18.2 Å². The molecule has 1 aromatic carbocycles. The number of carbonyl (C=O) groups is 2. The van der Waals surface area contributed by atoms with Gasteiger partial charge < -0.3 is 19.7 Å². The first-order valence-corrected chi connectivity index (χ1v) is 10.1. The number of aromatic nitrogens is 2. The Morgan fingerprint density at radius 2 is 1.88 bits per heavy atom. The summed E-state index contributed by atoms with van der Waals surface area (Å²) in [5, 5.41) is 2.52. The van der Waals surface area contributed by atoms with Gasteiger partial charge in [0.25, 0.3) is 0 Å². The van der Waals surface area contributed by atoms with Gasteiger partial charge in [0.05, 0.1) is 43.1 Å². The number of rotatable bonds is 5. The molecule has 1 N–H and O–H groups in total. The molecule has 0 unspecified atom stereocenters. The van der Waals surface area contributed by atoms with Crippen LogP contribution in [0.3, 0.4) is 0 Å². The van der Waals surface area contributed by atoms with Gasteiger partial charge in [-0.25, -0.2) is 0 Å². The van der Waals surface area contributed by atoms with Crippen LogP contribution in [0.2, 0.25) is 0 Å². The molecule has 34 heavy (non-hydrogen) atoms. The molecule has 2 amide bonds. The zero-order valence-electron chi connectivity index (χ0n) is 18.1. The Kier molecular flexibility index (Phi) is 6.10. The molecule has 4 rings (SSSR count). The van der Waals surface area contributed by atoms with Crippen LogP contribution in [-0.2, 0) is 22.2 Å². The van der Waals surface area contributed by atoms with Crippen molar-refractivity contribution in [2.24, 2.45) is 0 Å². The molecule has 1 aliphatic heterocycles. The highest BCUT2D eigenvalue weighted by molar-refractivity contribution is 6.08. The molecule has 0 saturated heterocycles. The number of benzene rings is 1. The van der Waals surface area contributed by atoms with E-state index in [9.17, 15) is 22.8 Å². The Labute approximate surface area is 192 Å². The molecule has 0 atom stereocenters. The lowest BCUT2D eigenvalue weighted by molar-refractivity contribution is -0.137. The molecular formula is C23H19F3N4O4. The molecule has 3 aromatic rings. The Bertz CT molecular complexity index is 1250. The second-order valence-corrected chi connectivity index (χ2v) is 7.35. The van der Waals surface area contributed by atoms with Gasteiger partial charge in [0.1, 0.15) is 6.54 Å². The predicted molar refractivity (Wildman–Crippen MR) is 117 cm³/mol. The zero-order chi connectivity index (χ0) is 24.5. The van der Waals surface area contributed by atoms with Gasteiger partial charge in [0.15, 0.2) is 0 Å². The summed E-state index contributed by atoms with van der Waals surface area (Å²) in [7, 11) is 2.83. The molecule has 0 spiro atoms. The van der Waals surface area contributed by atoms with E-state index in [-0.39, 0.29) is 23.9 Å². The zero-order valence-corrected chi connectivity index (χ0v) is 18.1. The van der Waals surface area contributed by atoms with Gasteiger partial charge in [0, 0.05) is 23.5 Å². The lowest BCUT2D eigenvalue weighted by atomic mass is 10.0. The van der Waals surface area contributed by atoms with Crippen molar-refractivity contribution in [2.75, 3.05) is 31.0 Å². The summed E-state index contributed by atoms with van der Waals surface area (Å²) in [4.78, 5) is 35.8. The van der Waals surface area contributed by atoms with Crippen molar-refractivity contribution in [2.45, 2.75) is 12.6 Å². The van der Waals surface area contributed by atoms with Crippen LogP contribution in [0.15, 0.2) is 48.7 Å². The monoisotopic (exact) mass is 472 g/mol. The van der Waals surface area contributed by atoms with Crippen molar-refractivity contribution in [3.05, 3.63) is 59.9 Å². The van der Waals surface area contributed by atoms with E-state index in [1.54, 1.807) is 18.3 Å². The molecule has 176 valence electrons. The fourth-order valence-corrected chi connectivity index (χ4v) is 3.64. The number of halogens is 3. The van der Waals surface area contributed by atoms with E-state index in [1.807, 2.05) is 0 Å². The molecule has 8 nitrogen and oxygen atoms in total. The summed E-state index contributed by atoms with van der Waals surface area (Å²) in [6, 6.07) is 9.03. The largest absolute Gasteiger partial charge is 0.481 e. The van der Waals surface area contributed by atoms with Crippen LogP contribution in [0.1, 0.15) is 11.3 Å². The summed E-state index contributed by atoms with van der Waals surface area (Å²) in [5.41, 5.74) is 1.25. The maximum atomic E-state index is 13.2. The standard InChI is InChI=1S/C23H19F3N4O4/c1-33-19-11-17-21(22(29-19)34-2)15-4-3-9-27-16(15)10-20(32)30(17)12-18(31)28-14-7-5-13(6-8-14)23(24,25)26/h3-9,11H,10,12H2,1-2H3,(H,28,31). The van der Waals surface area contributed by atoms with Gasteiger partial charge in [-0.1, -0.05) is 6.07 Å². The number of hydrogen-bond acceptors (Lipinski definition) is 6. The van der Waals surface area contributed by atoms with Crippen molar-refractivity contribution < 1.29 is 32.2 Å². The van der Waals surface area contributed by atoms with Crippen molar-refractivity contribution in [3.63, 3.8) is 0 Å². The lowest BCUT2D eigenvalue weighted by Gasteiger charge is -2.24. The lowest BCUT2D eigenvalue weighted by Crippen LogP contribution is -2.38. The SMILES string of the molecule is COc1cc2c(c(OC)n1)-c1cccnc1CC(=O)N2CC(=O)Nc1ccc(C(F)(F)F)cc1. The number of methoxy groups -OCH3 is 2. The topological polar surface area (TPSA) is 93.7 Å².